The molecule has 11 heteroatoms. The summed E-state index contributed by atoms with van der Waals surface area (Å²) in [7, 11) is 0. The van der Waals surface area contributed by atoms with Crippen LogP contribution < -0.4 is 15.0 Å². The van der Waals surface area contributed by atoms with Crippen LogP contribution in [-0.2, 0) is 4.74 Å². The van der Waals surface area contributed by atoms with Gasteiger partial charge < -0.3 is 29.7 Å². The monoisotopic (exact) mass is 520 g/mol. The highest BCUT2D eigenvalue weighted by atomic mass is 19.3. The number of halogens is 3. The number of carbonyl (C=O) groups excluding carboxylic acids is 1. The minimum absolute atomic E-state index is 0.00745. The van der Waals surface area contributed by atoms with E-state index >= 15 is 0 Å². The van der Waals surface area contributed by atoms with Crippen molar-refractivity contribution in [2.75, 3.05) is 62.8 Å². The molecule has 2 N–H and O–H groups in total. The number of alkyl halides is 2. The number of benzene rings is 1. The second-order valence-corrected chi connectivity index (χ2v) is 10.2. The number of hydrogen-bond donors (Lipinski definition) is 2. The molecule has 1 aliphatic carbocycles. The molecule has 2 saturated heterocycles. The fraction of sp³-hybridized carbons (Fsp3) is 0.538. The first kappa shape index (κ1) is 25.6. The lowest BCUT2D eigenvalue weighted by atomic mass is 9.65. The number of nitrogens with one attached hydrogen (secondary N) is 1. The van der Waals surface area contributed by atoms with Crippen LogP contribution in [0.25, 0.3) is 11.1 Å². The Balaban J connectivity index is 1.39. The van der Waals surface area contributed by atoms with E-state index in [2.05, 4.69) is 15.2 Å². The molecule has 0 unspecified atom stereocenters. The van der Waals surface area contributed by atoms with E-state index in [1.165, 1.54) is 11.0 Å². The maximum Gasteiger partial charge on any atom is 0.321 e. The van der Waals surface area contributed by atoms with Crippen molar-refractivity contribution in [2.45, 2.75) is 32.1 Å². The third-order valence-electron chi connectivity index (χ3n) is 7.32. The predicted molar refractivity (Wildman–Crippen MR) is 132 cm³/mol. The van der Waals surface area contributed by atoms with Crippen LogP contribution in [0, 0.1) is 18.2 Å². The molecular formula is C26H31F3N4O4. The van der Waals surface area contributed by atoms with Gasteiger partial charge in [0, 0.05) is 50.5 Å². The lowest BCUT2D eigenvalue weighted by Crippen LogP contribution is -2.48. The molecule has 3 heterocycles. The van der Waals surface area contributed by atoms with Gasteiger partial charge in [0.15, 0.2) is 0 Å². The summed E-state index contributed by atoms with van der Waals surface area (Å²) >= 11 is 0. The average Bonchev–Trinajstić information content (AvgIpc) is 3.28. The molecule has 0 bridgehead atoms. The van der Waals surface area contributed by atoms with Crippen molar-refractivity contribution in [1.82, 2.24) is 9.88 Å². The molecule has 2 amide bonds. The summed E-state index contributed by atoms with van der Waals surface area (Å²) in [6.45, 7) is 4.74. The van der Waals surface area contributed by atoms with E-state index in [1.54, 1.807) is 19.1 Å². The Kier molecular flexibility index (Phi) is 6.93. The first-order valence-electron chi connectivity index (χ1n) is 12.5. The predicted octanol–water partition coefficient (Wildman–Crippen LogP) is 4.06. The molecule has 8 nitrogen and oxygen atoms in total. The summed E-state index contributed by atoms with van der Waals surface area (Å²) in [6, 6.07) is 6.01. The number of amides is 2. The van der Waals surface area contributed by atoms with Crippen LogP contribution in [-0.4, -0.2) is 79.6 Å². The Morgan fingerprint density at radius 3 is 2.65 bits per heavy atom. The molecular weight excluding hydrogens is 489 g/mol. The number of likely N-dealkylation sites (tertiary alicyclic amines) is 1. The minimum Gasteiger partial charge on any atom is -0.475 e. The largest absolute Gasteiger partial charge is 0.475 e. The van der Waals surface area contributed by atoms with Crippen LogP contribution in [0.4, 0.5) is 29.5 Å². The number of aliphatic hydroxyl groups excluding tert-OH is 1. The van der Waals surface area contributed by atoms with Gasteiger partial charge in [0.05, 0.1) is 25.5 Å². The van der Waals surface area contributed by atoms with Crippen LogP contribution in [0.3, 0.4) is 0 Å². The van der Waals surface area contributed by atoms with Gasteiger partial charge >= 0.3 is 6.03 Å². The Hall–Kier alpha value is -3.05. The molecule has 37 heavy (non-hydrogen) atoms. The SMILES string of the molecule is Cc1cc(F)c(NC(=O)N2CCC3(C2)CC(F)(F)C3)cc1-c1cc(OCCO)nc(N2CCOCC2)c1. The van der Waals surface area contributed by atoms with Crippen molar-refractivity contribution in [1.29, 1.82) is 0 Å². The fourth-order valence-electron chi connectivity index (χ4n) is 5.54. The lowest BCUT2D eigenvalue weighted by Gasteiger charge is -2.44. The number of carbonyl (C=O) groups is 1. The summed E-state index contributed by atoms with van der Waals surface area (Å²) in [6.07, 6.45) is 0.109. The van der Waals surface area contributed by atoms with Gasteiger partial charge in [0.2, 0.25) is 11.8 Å². The van der Waals surface area contributed by atoms with E-state index in [9.17, 15) is 23.1 Å². The number of aliphatic hydroxyl groups is 1. The van der Waals surface area contributed by atoms with Gasteiger partial charge in [-0.1, -0.05) is 0 Å². The molecule has 5 rings (SSSR count). The number of ether oxygens (including phenoxy) is 2. The van der Waals surface area contributed by atoms with Gasteiger partial charge in [0.25, 0.3) is 0 Å². The highest BCUT2D eigenvalue weighted by Gasteiger charge is 2.59. The molecule has 0 atom stereocenters. The summed E-state index contributed by atoms with van der Waals surface area (Å²) in [4.78, 5) is 21.0. The highest BCUT2D eigenvalue weighted by molar-refractivity contribution is 5.91. The van der Waals surface area contributed by atoms with E-state index in [0.29, 0.717) is 67.7 Å². The normalized spacial score (nSPS) is 20.1. The molecule has 1 aromatic heterocycles. The molecule has 3 fully saturated rings. The van der Waals surface area contributed by atoms with Gasteiger partial charge in [-0.3, -0.25) is 0 Å². The first-order chi connectivity index (χ1) is 17.7. The van der Waals surface area contributed by atoms with E-state index in [1.807, 2.05) is 6.07 Å². The number of aromatic nitrogens is 1. The number of aryl methyl sites for hydroxylation is 1. The standard InChI is InChI=1S/C26H31F3N4O4/c1-17-10-20(27)21(30-24(35)33-3-2-25(16-33)14-26(28,29)15-25)13-19(17)18-11-22(32-4-7-36-8-5-32)31-23(12-18)37-9-6-34/h10-13,34H,2-9,14-16H2,1H3,(H,30,35). The Morgan fingerprint density at radius 1 is 1.19 bits per heavy atom. The molecule has 1 aromatic carbocycles. The van der Waals surface area contributed by atoms with Gasteiger partial charge in [-0.15, -0.1) is 0 Å². The smallest absolute Gasteiger partial charge is 0.321 e. The molecule has 1 spiro atoms. The zero-order valence-electron chi connectivity index (χ0n) is 20.7. The van der Waals surface area contributed by atoms with Crippen molar-refractivity contribution in [3.8, 4) is 17.0 Å². The Labute approximate surface area is 213 Å². The maximum atomic E-state index is 14.9. The lowest BCUT2D eigenvalue weighted by molar-refractivity contribution is -0.154. The van der Waals surface area contributed by atoms with E-state index in [0.717, 1.165) is 0 Å². The van der Waals surface area contributed by atoms with E-state index < -0.39 is 23.2 Å². The van der Waals surface area contributed by atoms with Crippen molar-refractivity contribution in [2.24, 2.45) is 5.41 Å². The van der Waals surface area contributed by atoms with Crippen molar-refractivity contribution in [3.63, 3.8) is 0 Å². The van der Waals surface area contributed by atoms with Crippen LogP contribution in [0.1, 0.15) is 24.8 Å². The molecule has 2 aliphatic heterocycles. The molecule has 2 aromatic rings. The summed E-state index contributed by atoms with van der Waals surface area (Å²) in [5.74, 6) is -2.25. The average molecular weight is 521 g/mol. The number of rotatable bonds is 6. The summed E-state index contributed by atoms with van der Waals surface area (Å²) < 4.78 is 52.9. The van der Waals surface area contributed by atoms with E-state index in [-0.39, 0.29) is 38.3 Å². The minimum atomic E-state index is -2.66. The van der Waals surface area contributed by atoms with E-state index in [4.69, 9.17) is 9.47 Å². The van der Waals surface area contributed by atoms with Crippen LogP contribution in [0.5, 0.6) is 5.88 Å². The van der Waals surface area contributed by atoms with Gasteiger partial charge in [-0.05, 0) is 48.2 Å². The van der Waals surface area contributed by atoms with Crippen molar-refractivity contribution >= 4 is 17.5 Å². The number of urea groups is 1. The number of anilines is 2. The fourth-order valence-corrected chi connectivity index (χ4v) is 5.54. The van der Waals surface area contributed by atoms with Crippen LogP contribution in [0.2, 0.25) is 0 Å². The Bertz CT molecular complexity index is 1160. The quantitative estimate of drug-likeness (QED) is 0.598. The third-order valence-corrected chi connectivity index (χ3v) is 7.32. The van der Waals surface area contributed by atoms with Crippen LogP contribution >= 0.6 is 0 Å². The number of pyridine rings is 1. The zero-order valence-corrected chi connectivity index (χ0v) is 20.7. The summed E-state index contributed by atoms with van der Waals surface area (Å²) in [5, 5.41) is 11.8. The first-order valence-corrected chi connectivity index (χ1v) is 12.5. The summed E-state index contributed by atoms with van der Waals surface area (Å²) in [5.41, 5.74) is 1.52. The maximum absolute atomic E-state index is 14.9. The zero-order chi connectivity index (χ0) is 26.2. The number of nitrogens with zero attached hydrogens (tertiary/aromatic N) is 3. The topological polar surface area (TPSA) is 87.2 Å². The molecule has 200 valence electrons. The second-order valence-electron chi connectivity index (χ2n) is 10.2. The molecule has 1 saturated carbocycles. The highest BCUT2D eigenvalue weighted by Crippen LogP contribution is 2.56. The van der Waals surface area contributed by atoms with Crippen molar-refractivity contribution < 1.29 is 32.5 Å². The molecule has 0 radical (unpaired) electrons. The number of morpholine rings is 1. The van der Waals surface area contributed by atoms with Crippen LogP contribution in [0.15, 0.2) is 24.3 Å². The third kappa shape index (κ3) is 5.47. The second kappa shape index (κ2) is 10.0. The van der Waals surface area contributed by atoms with Gasteiger partial charge in [-0.2, -0.15) is 4.98 Å². The Morgan fingerprint density at radius 2 is 1.95 bits per heavy atom. The number of hydrogen-bond acceptors (Lipinski definition) is 6. The van der Waals surface area contributed by atoms with Gasteiger partial charge in [-0.25, -0.2) is 18.0 Å². The van der Waals surface area contributed by atoms with Gasteiger partial charge in [0.1, 0.15) is 18.2 Å². The van der Waals surface area contributed by atoms with Crippen molar-refractivity contribution in [3.05, 3.63) is 35.6 Å². The molecule has 3 aliphatic rings.